The fraction of sp³-hybridized carbons (Fsp3) is 0.154. The van der Waals surface area contributed by atoms with Crippen molar-refractivity contribution in [3.8, 4) is 0 Å². The van der Waals surface area contributed by atoms with Gasteiger partial charge in [0, 0.05) is 22.3 Å². The van der Waals surface area contributed by atoms with E-state index in [9.17, 15) is 9.59 Å². The van der Waals surface area contributed by atoms with Crippen LogP contribution < -0.4 is 10.6 Å². The van der Waals surface area contributed by atoms with Crippen molar-refractivity contribution in [1.29, 1.82) is 0 Å². The van der Waals surface area contributed by atoms with Gasteiger partial charge in [-0.2, -0.15) is 0 Å². The second kappa shape index (κ2) is 11.2. The first kappa shape index (κ1) is 22.4. The van der Waals surface area contributed by atoms with Crippen LogP contribution in [0.15, 0.2) is 89.8 Å². The smallest absolute Gasteiger partial charge is 0.248 e. The summed E-state index contributed by atoms with van der Waals surface area (Å²) < 4.78 is 0. The maximum atomic E-state index is 12.7. The predicted molar refractivity (Wildman–Crippen MR) is 130 cm³/mol. The molecule has 4 nitrogen and oxygen atoms in total. The number of nitrogens with one attached hydrogen (secondary N) is 2. The molecule has 158 valence electrons. The molecule has 0 saturated carbocycles. The molecule has 0 saturated heterocycles. The van der Waals surface area contributed by atoms with Crippen LogP contribution in [0, 0.1) is 6.92 Å². The molecular weight excluding hydrogens is 404 g/mol. The number of rotatable bonds is 8. The minimum atomic E-state index is -0.231. The summed E-state index contributed by atoms with van der Waals surface area (Å²) in [4.78, 5) is 25.9. The average Bonchev–Trinajstić information content (AvgIpc) is 2.78. The van der Waals surface area contributed by atoms with Crippen molar-refractivity contribution in [2.45, 2.75) is 30.4 Å². The molecule has 3 rings (SSSR count). The summed E-state index contributed by atoms with van der Waals surface area (Å²) in [5.41, 5.74) is 3.60. The van der Waals surface area contributed by atoms with E-state index in [1.807, 2.05) is 92.7 Å². The van der Waals surface area contributed by atoms with E-state index in [1.165, 1.54) is 17.8 Å². The van der Waals surface area contributed by atoms with Crippen LogP contribution >= 0.6 is 11.8 Å². The number of amides is 2. The third-order valence-corrected chi connectivity index (χ3v) is 5.95. The molecule has 0 fully saturated rings. The Morgan fingerprint density at radius 1 is 0.903 bits per heavy atom. The molecule has 3 aromatic rings. The second-order valence-corrected chi connectivity index (χ2v) is 8.41. The Labute approximate surface area is 187 Å². The molecule has 1 atom stereocenters. The Kier molecular flexibility index (Phi) is 8.07. The van der Waals surface area contributed by atoms with Crippen LogP contribution in [0.4, 0.5) is 11.4 Å². The maximum Gasteiger partial charge on any atom is 0.248 e. The normalized spacial score (nSPS) is 11.8. The third-order valence-electron chi connectivity index (χ3n) is 4.59. The van der Waals surface area contributed by atoms with Gasteiger partial charge in [0.05, 0.1) is 5.25 Å². The van der Waals surface area contributed by atoms with Crippen LogP contribution in [0.25, 0.3) is 6.08 Å². The predicted octanol–water partition coefficient (Wildman–Crippen LogP) is 6.16. The molecule has 0 aliphatic heterocycles. The Bertz CT molecular complexity index is 1050. The van der Waals surface area contributed by atoms with Gasteiger partial charge in [0.2, 0.25) is 11.8 Å². The number of benzene rings is 3. The molecule has 31 heavy (non-hydrogen) atoms. The Morgan fingerprint density at radius 2 is 1.65 bits per heavy atom. The first-order valence-corrected chi connectivity index (χ1v) is 11.1. The van der Waals surface area contributed by atoms with Gasteiger partial charge in [0.15, 0.2) is 0 Å². The Morgan fingerprint density at radius 3 is 2.35 bits per heavy atom. The lowest BCUT2D eigenvalue weighted by atomic mass is 10.2. The summed E-state index contributed by atoms with van der Waals surface area (Å²) in [6, 6.07) is 25.0. The number of hydrogen-bond donors (Lipinski definition) is 2. The van der Waals surface area contributed by atoms with Crippen molar-refractivity contribution in [3.05, 3.63) is 96.1 Å². The van der Waals surface area contributed by atoms with Crippen LogP contribution in [0.2, 0.25) is 0 Å². The SMILES string of the molecule is CCC(Sc1cccc(NC(=O)/C=C/c2ccccc2)c1)C(=O)Nc1ccc(C)cc1. The zero-order valence-corrected chi connectivity index (χ0v) is 18.5. The molecule has 5 heteroatoms. The zero-order valence-electron chi connectivity index (χ0n) is 17.7. The van der Waals surface area contributed by atoms with Gasteiger partial charge in [-0.3, -0.25) is 9.59 Å². The minimum Gasteiger partial charge on any atom is -0.325 e. The van der Waals surface area contributed by atoms with E-state index < -0.39 is 0 Å². The number of hydrogen-bond acceptors (Lipinski definition) is 3. The van der Waals surface area contributed by atoms with E-state index in [4.69, 9.17) is 0 Å². The van der Waals surface area contributed by atoms with Crippen molar-refractivity contribution in [2.75, 3.05) is 10.6 Å². The Hall–Kier alpha value is -3.31. The molecular formula is C26H26N2O2S. The van der Waals surface area contributed by atoms with Crippen molar-refractivity contribution in [3.63, 3.8) is 0 Å². The highest BCUT2D eigenvalue weighted by atomic mass is 32.2. The number of carbonyl (C=O) groups excluding carboxylic acids is 2. The van der Waals surface area contributed by atoms with Crippen molar-refractivity contribution in [2.24, 2.45) is 0 Å². The fourth-order valence-electron chi connectivity index (χ4n) is 2.91. The lowest BCUT2D eigenvalue weighted by Crippen LogP contribution is -2.24. The summed E-state index contributed by atoms with van der Waals surface area (Å²) >= 11 is 1.49. The molecule has 0 heterocycles. The molecule has 0 bridgehead atoms. The average molecular weight is 431 g/mol. The van der Waals surface area contributed by atoms with Gasteiger partial charge in [-0.25, -0.2) is 0 Å². The zero-order chi connectivity index (χ0) is 22.1. The number of thioether (sulfide) groups is 1. The van der Waals surface area contributed by atoms with Gasteiger partial charge >= 0.3 is 0 Å². The van der Waals surface area contributed by atoms with Gasteiger partial charge in [-0.05, 0) is 55.3 Å². The summed E-state index contributed by atoms with van der Waals surface area (Å²) in [6.45, 7) is 4.01. The van der Waals surface area contributed by atoms with Gasteiger partial charge in [-0.15, -0.1) is 11.8 Å². The largest absolute Gasteiger partial charge is 0.325 e. The third kappa shape index (κ3) is 7.15. The number of carbonyl (C=O) groups is 2. The lowest BCUT2D eigenvalue weighted by molar-refractivity contribution is -0.115. The lowest BCUT2D eigenvalue weighted by Gasteiger charge is -2.15. The van der Waals surface area contributed by atoms with Crippen molar-refractivity contribution < 1.29 is 9.59 Å². The number of aryl methyl sites for hydroxylation is 1. The fourth-order valence-corrected chi connectivity index (χ4v) is 3.93. The van der Waals surface area contributed by atoms with E-state index in [2.05, 4.69) is 10.6 Å². The summed E-state index contributed by atoms with van der Waals surface area (Å²) in [6.07, 6.45) is 3.98. The molecule has 0 spiro atoms. The summed E-state index contributed by atoms with van der Waals surface area (Å²) in [5.74, 6) is -0.230. The highest BCUT2D eigenvalue weighted by Crippen LogP contribution is 2.28. The molecule has 0 aliphatic carbocycles. The summed E-state index contributed by atoms with van der Waals surface area (Å²) in [5, 5.41) is 5.63. The van der Waals surface area contributed by atoms with Crippen LogP contribution in [0.3, 0.4) is 0 Å². The molecule has 0 radical (unpaired) electrons. The van der Waals surface area contributed by atoms with Crippen LogP contribution in [-0.2, 0) is 9.59 Å². The maximum absolute atomic E-state index is 12.7. The van der Waals surface area contributed by atoms with Crippen LogP contribution in [0.5, 0.6) is 0 Å². The van der Waals surface area contributed by atoms with Crippen LogP contribution in [0.1, 0.15) is 24.5 Å². The van der Waals surface area contributed by atoms with Gasteiger partial charge in [0.1, 0.15) is 0 Å². The molecule has 2 amide bonds. The molecule has 0 aliphatic rings. The van der Waals surface area contributed by atoms with Gasteiger partial charge in [0.25, 0.3) is 0 Å². The highest BCUT2D eigenvalue weighted by Gasteiger charge is 2.18. The van der Waals surface area contributed by atoms with Crippen LogP contribution in [-0.4, -0.2) is 17.1 Å². The molecule has 1 unspecified atom stereocenters. The molecule has 2 N–H and O–H groups in total. The van der Waals surface area contributed by atoms with Crippen molar-refractivity contribution >= 4 is 41.0 Å². The molecule has 3 aromatic carbocycles. The standard InChI is InChI=1S/C26H26N2O2S/c1-3-24(26(30)28-21-15-12-19(2)13-16-21)31-23-11-7-10-22(18-23)27-25(29)17-14-20-8-5-4-6-9-20/h4-18,24H,3H2,1-2H3,(H,27,29)(H,28,30)/b17-14+. The van der Waals surface area contributed by atoms with Gasteiger partial charge in [-0.1, -0.05) is 61.0 Å². The highest BCUT2D eigenvalue weighted by molar-refractivity contribution is 8.00. The summed E-state index contributed by atoms with van der Waals surface area (Å²) in [7, 11) is 0. The van der Waals surface area contributed by atoms with E-state index in [1.54, 1.807) is 6.08 Å². The van der Waals surface area contributed by atoms with Crippen molar-refractivity contribution in [1.82, 2.24) is 0 Å². The van der Waals surface area contributed by atoms with E-state index in [-0.39, 0.29) is 17.1 Å². The monoisotopic (exact) mass is 430 g/mol. The molecule has 0 aromatic heterocycles. The first-order chi connectivity index (χ1) is 15.0. The van der Waals surface area contributed by atoms with Gasteiger partial charge < -0.3 is 10.6 Å². The Balaban J connectivity index is 1.60. The second-order valence-electron chi connectivity index (χ2n) is 7.13. The first-order valence-electron chi connectivity index (χ1n) is 10.2. The van der Waals surface area contributed by atoms with E-state index in [0.717, 1.165) is 21.7 Å². The quantitative estimate of drug-likeness (QED) is 0.332. The topological polar surface area (TPSA) is 58.2 Å². The van der Waals surface area contributed by atoms with E-state index >= 15 is 0 Å². The van der Waals surface area contributed by atoms with E-state index in [0.29, 0.717) is 12.1 Å². The number of anilines is 2. The minimum absolute atomic E-state index is 0.0309.